The molecule has 1 amide bonds. The van der Waals surface area contributed by atoms with Gasteiger partial charge in [0.05, 0.1) is 5.52 Å². The first-order chi connectivity index (χ1) is 11.6. The summed E-state index contributed by atoms with van der Waals surface area (Å²) in [6.45, 7) is 1.21. The van der Waals surface area contributed by atoms with Crippen LogP contribution in [0.15, 0.2) is 48.5 Å². The average molecular weight is 321 g/mol. The SMILES string of the molecule is Cn1nnc2cc(C(=O)N3C[C@@H](N)[C@H](c4ccccc4)C3)ccc21. The van der Waals surface area contributed by atoms with E-state index in [0.29, 0.717) is 18.7 Å². The molecule has 24 heavy (non-hydrogen) atoms. The standard InChI is InChI=1S/C18H19N5O/c1-22-17-8-7-13(9-16(17)20-21-22)18(24)23-10-14(15(19)11-23)12-5-3-2-4-6-12/h2-9,14-15H,10-11,19H2,1H3/t14-,15+/m0/s1. The van der Waals surface area contributed by atoms with Crippen LogP contribution in [0.5, 0.6) is 0 Å². The Kier molecular flexibility index (Phi) is 3.54. The van der Waals surface area contributed by atoms with E-state index in [4.69, 9.17) is 5.73 Å². The molecule has 0 unspecified atom stereocenters. The Bertz CT molecular complexity index is 889. The van der Waals surface area contributed by atoms with E-state index in [0.717, 1.165) is 11.0 Å². The highest BCUT2D eigenvalue weighted by Gasteiger charge is 2.34. The number of hydrogen-bond donors (Lipinski definition) is 1. The fourth-order valence-electron chi connectivity index (χ4n) is 3.40. The maximum Gasteiger partial charge on any atom is 0.254 e. The first-order valence-corrected chi connectivity index (χ1v) is 8.03. The lowest BCUT2D eigenvalue weighted by molar-refractivity contribution is 0.0789. The highest BCUT2D eigenvalue weighted by atomic mass is 16.2. The summed E-state index contributed by atoms with van der Waals surface area (Å²) in [5.74, 6) is 0.173. The predicted molar refractivity (Wildman–Crippen MR) is 91.6 cm³/mol. The molecule has 3 aromatic rings. The van der Waals surface area contributed by atoms with Gasteiger partial charge in [0.25, 0.3) is 5.91 Å². The number of benzene rings is 2. The molecule has 2 heterocycles. The van der Waals surface area contributed by atoms with Gasteiger partial charge in [0.15, 0.2) is 0 Å². The maximum absolute atomic E-state index is 12.8. The third-order valence-electron chi connectivity index (χ3n) is 4.74. The molecule has 0 saturated carbocycles. The Morgan fingerprint density at radius 2 is 1.96 bits per heavy atom. The first-order valence-electron chi connectivity index (χ1n) is 8.03. The molecule has 2 N–H and O–H groups in total. The second-order valence-corrected chi connectivity index (χ2v) is 6.31. The van der Waals surface area contributed by atoms with Crippen molar-refractivity contribution < 1.29 is 4.79 Å². The van der Waals surface area contributed by atoms with Crippen LogP contribution < -0.4 is 5.73 Å². The maximum atomic E-state index is 12.8. The van der Waals surface area contributed by atoms with Crippen LogP contribution in [0.2, 0.25) is 0 Å². The van der Waals surface area contributed by atoms with E-state index in [-0.39, 0.29) is 17.9 Å². The first kappa shape index (κ1) is 14.8. The second kappa shape index (κ2) is 5.72. The van der Waals surface area contributed by atoms with Crippen LogP contribution in [0.4, 0.5) is 0 Å². The highest BCUT2D eigenvalue weighted by Crippen LogP contribution is 2.27. The molecule has 1 aliphatic rings. The second-order valence-electron chi connectivity index (χ2n) is 6.31. The summed E-state index contributed by atoms with van der Waals surface area (Å²) < 4.78 is 1.70. The third-order valence-corrected chi connectivity index (χ3v) is 4.74. The zero-order valence-corrected chi connectivity index (χ0v) is 13.5. The third kappa shape index (κ3) is 2.45. The lowest BCUT2D eigenvalue weighted by Crippen LogP contribution is -2.32. The summed E-state index contributed by atoms with van der Waals surface area (Å²) in [5, 5.41) is 8.06. The molecule has 0 radical (unpaired) electrons. The van der Waals surface area contributed by atoms with Gasteiger partial charge in [-0.05, 0) is 23.8 Å². The van der Waals surface area contributed by atoms with Crippen LogP contribution in [0.3, 0.4) is 0 Å². The van der Waals surface area contributed by atoms with Gasteiger partial charge < -0.3 is 10.6 Å². The highest BCUT2D eigenvalue weighted by molar-refractivity contribution is 5.97. The Labute approximate surface area is 139 Å². The number of rotatable bonds is 2. The number of aryl methyl sites for hydroxylation is 1. The number of amides is 1. The van der Waals surface area contributed by atoms with Crippen LogP contribution in [-0.4, -0.2) is 44.9 Å². The smallest absolute Gasteiger partial charge is 0.254 e. The summed E-state index contributed by atoms with van der Waals surface area (Å²) in [4.78, 5) is 14.7. The Balaban J connectivity index is 1.58. The predicted octanol–water partition coefficient (Wildman–Crippen LogP) is 1.54. The molecule has 0 spiro atoms. The van der Waals surface area contributed by atoms with E-state index in [9.17, 15) is 4.79 Å². The van der Waals surface area contributed by atoms with Crippen molar-refractivity contribution >= 4 is 16.9 Å². The van der Waals surface area contributed by atoms with E-state index in [2.05, 4.69) is 22.4 Å². The average Bonchev–Trinajstić information content (AvgIpc) is 3.18. The lowest BCUT2D eigenvalue weighted by atomic mass is 9.95. The number of likely N-dealkylation sites (tertiary alicyclic amines) is 1. The number of fused-ring (bicyclic) bond motifs is 1. The molecule has 0 bridgehead atoms. The number of nitrogens with zero attached hydrogens (tertiary/aromatic N) is 4. The van der Waals surface area contributed by atoms with Crippen molar-refractivity contribution in [2.24, 2.45) is 12.8 Å². The van der Waals surface area contributed by atoms with Crippen LogP contribution in [0.1, 0.15) is 21.8 Å². The molecule has 122 valence electrons. The number of carbonyl (C=O) groups excluding carboxylic acids is 1. The van der Waals surface area contributed by atoms with Gasteiger partial charge >= 0.3 is 0 Å². The van der Waals surface area contributed by atoms with Crippen LogP contribution in [-0.2, 0) is 7.05 Å². The van der Waals surface area contributed by atoms with Crippen molar-refractivity contribution in [2.45, 2.75) is 12.0 Å². The Morgan fingerprint density at radius 3 is 2.75 bits per heavy atom. The molecule has 6 heteroatoms. The zero-order chi connectivity index (χ0) is 16.7. The van der Waals surface area contributed by atoms with Gasteiger partial charge in [-0.1, -0.05) is 35.5 Å². The number of nitrogens with two attached hydrogens (primary N) is 1. The molecule has 4 rings (SSSR count). The minimum atomic E-state index is -0.0448. The van der Waals surface area contributed by atoms with Crippen molar-refractivity contribution in [3.05, 3.63) is 59.7 Å². The van der Waals surface area contributed by atoms with Crippen molar-refractivity contribution in [2.75, 3.05) is 13.1 Å². The lowest BCUT2D eigenvalue weighted by Gasteiger charge is -2.16. The van der Waals surface area contributed by atoms with E-state index in [1.807, 2.05) is 42.3 Å². The fourth-order valence-corrected chi connectivity index (χ4v) is 3.40. The van der Waals surface area contributed by atoms with Crippen LogP contribution in [0.25, 0.3) is 11.0 Å². The van der Waals surface area contributed by atoms with E-state index in [1.54, 1.807) is 10.7 Å². The largest absolute Gasteiger partial charge is 0.336 e. The normalized spacial score (nSPS) is 20.7. The molecular weight excluding hydrogens is 302 g/mol. The quantitative estimate of drug-likeness (QED) is 0.776. The van der Waals surface area contributed by atoms with Crippen molar-refractivity contribution in [3.8, 4) is 0 Å². The van der Waals surface area contributed by atoms with Crippen LogP contribution in [0, 0.1) is 0 Å². The fraction of sp³-hybridized carbons (Fsp3) is 0.278. The minimum Gasteiger partial charge on any atom is -0.336 e. The van der Waals surface area contributed by atoms with Crippen LogP contribution >= 0.6 is 0 Å². The topological polar surface area (TPSA) is 77.0 Å². The number of carbonyl (C=O) groups is 1. The van der Waals surface area contributed by atoms with Gasteiger partial charge in [0.2, 0.25) is 0 Å². The van der Waals surface area contributed by atoms with E-state index >= 15 is 0 Å². The van der Waals surface area contributed by atoms with Gasteiger partial charge in [0, 0.05) is 37.7 Å². The van der Waals surface area contributed by atoms with Gasteiger partial charge in [0.1, 0.15) is 5.52 Å². The molecule has 1 fully saturated rings. The summed E-state index contributed by atoms with van der Waals surface area (Å²) >= 11 is 0. The zero-order valence-electron chi connectivity index (χ0n) is 13.5. The summed E-state index contributed by atoms with van der Waals surface area (Å²) in [6, 6.07) is 15.6. The molecular formula is C18H19N5O. The summed E-state index contributed by atoms with van der Waals surface area (Å²) in [7, 11) is 1.83. The minimum absolute atomic E-state index is 0.00330. The summed E-state index contributed by atoms with van der Waals surface area (Å²) in [6.07, 6.45) is 0. The molecule has 1 aromatic heterocycles. The molecule has 2 aromatic carbocycles. The van der Waals surface area contributed by atoms with Gasteiger partial charge in [-0.25, -0.2) is 4.68 Å². The Hall–Kier alpha value is -2.73. The molecule has 1 saturated heterocycles. The van der Waals surface area contributed by atoms with Gasteiger partial charge in [-0.3, -0.25) is 4.79 Å². The number of hydrogen-bond acceptors (Lipinski definition) is 4. The Morgan fingerprint density at radius 1 is 1.17 bits per heavy atom. The molecule has 0 aliphatic carbocycles. The number of aromatic nitrogens is 3. The monoisotopic (exact) mass is 321 g/mol. The summed E-state index contributed by atoms with van der Waals surface area (Å²) in [5.41, 5.74) is 9.74. The van der Waals surface area contributed by atoms with Crippen molar-refractivity contribution in [1.82, 2.24) is 19.9 Å². The molecule has 2 atom stereocenters. The van der Waals surface area contributed by atoms with Crippen molar-refractivity contribution in [3.63, 3.8) is 0 Å². The van der Waals surface area contributed by atoms with Gasteiger partial charge in [-0.15, -0.1) is 5.10 Å². The van der Waals surface area contributed by atoms with E-state index in [1.165, 1.54) is 5.56 Å². The van der Waals surface area contributed by atoms with Crippen molar-refractivity contribution in [1.29, 1.82) is 0 Å². The van der Waals surface area contributed by atoms with E-state index < -0.39 is 0 Å². The molecule has 1 aliphatic heterocycles. The molecule has 6 nitrogen and oxygen atoms in total. The van der Waals surface area contributed by atoms with Gasteiger partial charge in [-0.2, -0.15) is 0 Å².